The van der Waals surface area contributed by atoms with E-state index in [9.17, 15) is 9.59 Å². The van der Waals surface area contributed by atoms with E-state index >= 15 is 0 Å². The fourth-order valence-electron chi connectivity index (χ4n) is 5.39. The summed E-state index contributed by atoms with van der Waals surface area (Å²) < 4.78 is 2.03. The number of nitrogens with one attached hydrogen (secondary N) is 1. The molecular formula is C27H31N3O2. The third-order valence-corrected chi connectivity index (χ3v) is 7.44. The van der Waals surface area contributed by atoms with Crippen LogP contribution in [0.1, 0.15) is 60.6 Å². The summed E-state index contributed by atoms with van der Waals surface area (Å²) >= 11 is 0. The van der Waals surface area contributed by atoms with Gasteiger partial charge in [-0.3, -0.25) is 14.5 Å². The molecule has 3 aromatic rings. The van der Waals surface area contributed by atoms with Crippen LogP contribution in [-0.4, -0.2) is 28.0 Å². The molecule has 1 N–H and O–H groups in total. The van der Waals surface area contributed by atoms with E-state index in [1.54, 1.807) is 4.90 Å². The zero-order chi connectivity index (χ0) is 22.5. The van der Waals surface area contributed by atoms with Crippen molar-refractivity contribution in [2.75, 3.05) is 4.90 Å². The minimum absolute atomic E-state index is 0.0675. The van der Waals surface area contributed by atoms with Crippen molar-refractivity contribution in [2.24, 2.45) is 0 Å². The molecule has 1 atom stereocenters. The van der Waals surface area contributed by atoms with Crippen molar-refractivity contribution in [1.82, 2.24) is 9.88 Å². The summed E-state index contributed by atoms with van der Waals surface area (Å²) in [7, 11) is 0. The molecule has 5 nitrogen and oxygen atoms in total. The Kier molecular flexibility index (Phi) is 5.07. The predicted molar refractivity (Wildman–Crippen MR) is 128 cm³/mol. The van der Waals surface area contributed by atoms with E-state index in [1.807, 2.05) is 73.9 Å². The van der Waals surface area contributed by atoms with Crippen LogP contribution in [-0.2, 0) is 11.3 Å². The molecule has 0 radical (unpaired) electrons. The Labute approximate surface area is 189 Å². The number of hydrogen-bond acceptors (Lipinski definition) is 2. The van der Waals surface area contributed by atoms with Gasteiger partial charge in [-0.2, -0.15) is 0 Å². The summed E-state index contributed by atoms with van der Waals surface area (Å²) in [4.78, 5) is 29.6. The van der Waals surface area contributed by atoms with Crippen LogP contribution in [0.5, 0.6) is 0 Å². The summed E-state index contributed by atoms with van der Waals surface area (Å²) in [5, 5.41) is 4.33. The van der Waals surface area contributed by atoms with Crippen LogP contribution in [0, 0.1) is 13.8 Å². The number of carbonyl (C=O) groups is 2. The lowest BCUT2D eigenvalue weighted by atomic mass is 9.90. The second-order valence-electron chi connectivity index (χ2n) is 9.62. The monoisotopic (exact) mass is 429 g/mol. The number of hydrogen-bond donors (Lipinski definition) is 1. The minimum atomic E-state index is -1.03. The Hall–Kier alpha value is -3.08. The fraction of sp³-hybridized carbons (Fsp3) is 0.407. The number of rotatable bonds is 3. The fourth-order valence-corrected chi connectivity index (χ4v) is 5.39. The van der Waals surface area contributed by atoms with Gasteiger partial charge in [0.1, 0.15) is 11.2 Å². The predicted octanol–water partition coefficient (Wildman–Crippen LogP) is 5.13. The lowest BCUT2D eigenvalue weighted by Crippen LogP contribution is -2.65. The van der Waals surface area contributed by atoms with E-state index in [0.29, 0.717) is 12.2 Å². The van der Waals surface area contributed by atoms with Gasteiger partial charge in [0.05, 0.1) is 6.54 Å². The molecular weight excluding hydrogens is 398 g/mol. The van der Waals surface area contributed by atoms with Gasteiger partial charge >= 0.3 is 0 Å². The Morgan fingerprint density at radius 1 is 1.03 bits per heavy atom. The molecule has 2 aliphatic rings. The molecule has 2 amide bonds. The largest absolute Gasteiger partial charge is 0.351 e. The standard InChI is InChI=1S/C27H31N3O2/c1-18-10-9-15-22(19(18)2)30-25(31)24-16-20-11-7-8-14-23(20)29(24)17-27(30,3)26(32)28-21-12-5-4-6-13-21/h7-11,14-16,21H,4-6,12-13,17H2,1-3H3,(H,28,32). The molecule has 1 aromatic heterocycles. The van der Waals surface area contributed by atoms with E-state index < -0.39 is 5.54 Å². The number of anilines is 1. The smallest absolute Gasteiger partial charge is 0.275 e. The molecule has 1 fully saturated rings. The van der Waals surface area contributed by atoms with Gasteiger partial charge in [0, 0.05) is 22.6 Å². The van der Waals surface area contributed by atoms with Crippen molar-refractivity contribution in [3.05, 3.63) is 65.4 Å². The Balaban J connectivity index is 1.65. The molecule has 0 spiro atoms. The maximum Gasteiger partial charge on any atom is 0.275 e. The lowest BCUT2D eigenvalue weighted by Gasteiger charge is -2.45. The molecule has 166 valence electrons. The molecule has 1 saturated carbocycles. The molecule has 5 rings (SSSR count). The van der Waals surface area contributed by atoms with Crippen LogP contribution < -0.4 is 10.2 Å². The third kappa shape index (κ3) is 3.22. The van der Waals surface area contributed by atoms with Crippen molar-refractivity contribution < 1.29 is 9.59 Å². The summed E-state index contributed by atoms with van der Waals surface area (Å²) in [6.07, 6.45) is 5.55. The number of carbonyl (C=O) groups excluding carboxylic acids is 2. The third-order valence-electron chi connectivity index (χ3n) is 7.44. The zero-order valence-corrected chi connectivity index (χ0v) is 19.1. The summed E-state index contributed by atoms with van der Waals surface area (Å²) in [5.74, 6) is -0.190. The van der Waals surface area contributed by atoms with Gasteiger partial charge < -0.3 is 9.88 Å². The van der Waals surface area contributed by atoms with E-state index in [4.69, 9.17) is 0 Å². The number of aryl methyl sites for hydroxylation is 1. The van der Waals surface area contributed by atoms with Crippen LogP contribution >= 0.6 is 0 Å². The molecule has 0 bridgehead atoms. The van der Waals surface area contributed by atoms with Crippen LogP contribution in [0.2, 0.25) is 0 Å². The molecule has 5 heteroatoms. The van der Waals surface area contributed by atoms with E-state index in [-0.39, 0.29) is 17.9 Å². The first-order valence-electron chi connectivity index (χ1n) is 11.7. The molecule has 2 heterocycles. The first-order chi connectivity index (χ1) is 15.4. The molecule has 1 aliphatic carbocycles. The van der Waals surface area contributed by atoms with Gasteiger partial charge in [0.25, 0.3) is 5.91 Å². The second-order valence-corrected chi connectivity index (χ2v) is 9.62. The number of para-hydroxylation sites is 1. The minimum Gasteiger partial charge on any atom is -0.351 e. The highest BCUT2D eigenvalue weighted by Crippen LogP contribution is 2.38. The zero-order valence-electron chi connectivity index (χ0n) is 19.1. The SMILES string of the molecule is Cc1cccc(N2C(=O)c3cc4ccccc4n3CC2(C)C(=O)NC2CCCCC2)c1C. The molecule has 0 saturated heterocycles. The summed E-state index contributed by atoms with van der Waals surface area (Å²) in [6.45, 7) is 6.42. The van der Waals surface area contributed by atoms with E-state index in [1.165, 1.54) is 6.42 Å². The van der Waals surface area contributed by atoms with Gasteiger partial charge in [0.15, 0.2) is 0 Å². The molecule has 1 unspecified atom stereocenters. The maximum atomic E-state index is 14.0. The highest BCUT2D eigenvalue weighted by atomic mass is 16.2. The molecule has 1 aliphatic heterocycles. The van der Waals surface area contributed by atoms with Crippen LogP contribution in [0.25, 0.3) is 10.9 Å². The van der Waals surface area contributed by atoms with Crippen molar-refractivity contribution in [3.8, 4) is 0 Å². The average molecular weight is 430 g/mol. The van der Waals surface area contributed by atoms with Gasteiger partial charge in [0.2, 0.25) is 5.91 Å². The quantitative estimate of drug-likeness (QED) is 0.628. The number of benzene rings is 2. The number of amides is 2. The topological polar surface area (TPSA) is 54.3 Å². The first kappa shape index (κ1) is 20.8. The van der Waals surface area contributed by atoms with Gasteiger partial charge in [-0.15, -0.1) is 0 Å². The van der Waals surface area contributed by atoms with Crippen LogP contribution in [0.4, 0.5) is 5.69 Å². The van der Waals surface area contributed by atoms with Crippen molar-refractivity contribution in [1.29, 1.82) is 0 Å². The highest BCUT2D eigenvalue weighted by Gasteiger charge is 2.49. The van der Waals surface area contributed by atoms with Gasteiger partial charge in [-0.05, 0) is 62.9 Å². The van der Waals surface area contributed by atoms with Crippen molar-refractivity contribution in [2.45, 2.75) is 71.0 Å². The Morgan fingerprint density at radius 2 is 1.78 bits per heavy atom. The van der Waals surface area contributed by atoms with E-state index in [0.717, 1.165) is 53.4 Å². The average Bonchev–Trinajstić information content (AvgIpc) is 3.16. The molecule has 32 heavy (non-hydrogen) atoms. The summed E-state index contributed by atoms with van der Waals surface area (Å²) in [6, 6.07) is 16.1. The second kappa shape index (κ2) is 7.80. The first-order valence-corrected chi connectivity index (χ1v) is 11.7. The van der Waals surface area contributed by atoms with Crippen molar-refractivity contribution in [3.63, 3.8) is 0 Å². The van der Waals surface area contributed by atoms with Crippen LogP contribution in [0.3, 0.4) is 0 Å². The molecule has 2 aromatic carbocycles. The lowest BCUT2D eigenvalue weighted by molar-refractivity contribution is -0.127. The van der Waals surface area contributed by atoms with Gasteiger partial charge in [-0.25, -0.2) is 0 Å². The highest BCUT2D eigenvalue weighted by molar-refractivity contribution is 6.14. The maximum absolute atomic E-state index is 14.0. The Bertz CT molecular complexity index is 1200. The van der Waals surface area contributed by atoms with E-state index in [2.05, 4.69) is 5.32 Å². The normalized spacial score (nSPS) is 21.6. The summed E-state index contributed by atoms with van der Waals surface area (Å²) in [5.41, 5.74) is 3.55. The number of aromatic nitrogens is 1. The van der Waals surface area contributed by atoms with Gasteiger partial charge in [-0.1, -0.05) is 49.6 Å². The number of fused-ring (bicyclic) bond motifs is 3. The van der Waals surface area contributed by atoms with Crippen molar-refractivity contribution >= 4 is 28.4 Å². The van der Waals surface area contributed by atoms with Crippen LogP contribution in [0.15, 0.2) is 48.5 Å². The number of nitrogens with zero attached hydrogens (tertiary/aromatic N) is 2. The Morgan fingerprint density at radius 3 is 2.56 bits per heavy atom.